The van der Waals surface area contributed by atoms with Crippen LogP contribution in [0, 0.1) is 5.82 Å². The van der Waals surface area contributed by atoms with E-state index < -0.39 is 17.2 Å². The average molecular weight is 347 g/mol. The molecule has 0 amide bonds. The number of hydrogen-bond acceptors (Lipinski definition) is 4. The summed E-state index contributed by atoms with van der Waals surface area (Å²) in [4.78, 5) is 23.6. The van der Waals surface area contributed by atoms with E-state index in [1.54, 1.807) is 10.6 Å². The minimum atomic E-state index is -1.31. The number of aromatic nitrogens is 1. The molecule has 0 bridgehead atoms. The number of hydrogen-bond donors (Lipinski definition) is 3. The van der Waals surface area contributed by atoms with E-state index in [0.29, 0.717) is 17.7 Å². The van der Waals surface area contributed by atoms with Crippen LogP contribution in [0.2, 0.25) is 0 Å². The summed E-state index contributed by atoms with van der Waals surface area (Å²) in [7, 11) is 0. The molecule has 4 N–H and O–H groups in total. The quantitative estimate of drug-likeness (QED) is 0.790. The maximum atomic E-state index is 14.6. The number of pyridine rings is 1. The van der Waals surface area contributed by atoms with Gasteiger partial charge in [-0.1, -0.05) is 12.8 Å². The molecule has 1 aliphatic carbocycles. The lowest BCUT2D eigenvalue weighted by Gasteiger charge is -2.30. The van der Waals surface area contributed by atoms with E-state index in [2.05, 4.69) is 5.32 Å². The number of nitrogens with one attached hydrogen (secondary N) is 1. The molecule has 0 unspecified atom stereocenters. The van der Waals surface area contributed by atoms with Crippen molar-refractivity contribution in [1.82, 2.24) is 4.57 Å². The van der Waals surface area contributed by atoms with E-state index in [9.17, 15) is 19.1 Å². The van der Waals surface area contributed by atoms with Crippen LogP contribution in [0.3, 0.4) is 0 Å². The molecule has 2 atom stereocenters. The topological polar surface area (TPSA) is 97.3 Å². The summed E-state index contributed by atoms with van der Waals surface area (Å²) in [5, 5.41) is 12.4. The number of carboxylic acid groups (broad SMARTS) is 1. The molecule has 0 spiro atoms. The van der Waals surface area contributed by atoms with E-state index in [-0.39, 0.29) is 23.0 Å². The Morgan fingerprint density at radius 3 is 2.76 bits per heavy atom. The third kappa shape index (κ3) is 3.24. The van der Waals surface area contributed by atoms with Crippen molar-refractivity contribution in [3.05, 3.63) is 39.9 Å². The zero-order valence-corrected chi connectivity index (χ0v) is 14.1. The van der Waals surface area contributed by atoms with Gasteiger partial charge >= 0.3 is 5.97 Å². The number of anilines is 1. The minimum Gasteiger partial charge on any atom is -0.477 e. The van der Waals surface area contributed by atoms with Crippen LogP contribution in [0.1, 0.15) is 43.0 Å². The maximum absolute atomic E-state index is 14.6. The lowest BCUT2D eigenvalue weighted by Crippen LogP contribution is -2.42. The lowest BCUT2D eigenvalue weighted by atomic mass is 9.91. The van der Waals surface area contributed by atoms with Gasteiger partial charge in [0.2, 0.25) is 5.43 Å². The SMILES string of the molecule is CCn1cc(C(=O)O)c(=O)c2cc(F)c(N[C@@H]3CCCC[C@@H]3N)cc21. The molecule has 2 aromatic rings. The first kappa shape index (κ1) is 17.4. The third-order valence-electron chi connectivity index (χ3n) is 4.90. The average Bonchev–Trinajstić information content (AvgIpc) is 2.58. The summed E-state index contributed by atoms with van der Waals surface area (Å²) in [6, 6.07) is 2.64. The van der Waals surface area contributed by atoms with Crippen LogP contribution < -0.4 is 16.5 Å². The molecule has 25 heavy (non-hydrogen) atoms. The van der Waals surface area contributed by atoms with Crippen LogP contribution in [0.5, 0.6) is 0 Å². The van der Waals surface area contributed by atoms with Gasteiger partial charge in [0.1, 0.15) is 11.4 Å². The Bertz CT molecular complexity index is 878. The predicted molar refractivity (Wildman–Crippen MR) is 94.7 cm³/mol. The van der Waals surface area contributed by atoms with Crippen LogP contribution in [0.25, 0.3) is 10.9 Å². The number of aryl methyl sites for hydroxylation is 1. The summed E-state index contributed by atoms with van der Waals surface area (Å²) in [6.07, 6.45) is 5.20. The van der Waals surface area contributed by atoms with Crippen LogP contribution in [-0.2, 0) is 6.54 Å². The Morgan fingerprint density at radius 2 is 2.12 bits per heavy atom. The second-order valence-electron chi connectivity index (χ2n) is 6.51. The van der Waals surface area contributed by atoms with E-state index >= 15 is 0 Å². The number of rotatable bonds is 4. The van der Waals surface area contributed by atoms with Gasteiger partial charge in [0.05, 0.1) is 11.2 Å². The zero-order chi connectivity index (χ0) is 18.1. The van der Waals surface area contributed by atoms with Gasteiger partial charge in [-0.2, -0.15) is 0 Å². The summed E-state index contributed by atoms with van der Waals surface area (Å²) in [5.74, 6) is -1.89. The molecule has 0 radical (unpaired) electrons. The fourth-order valence-corrected chi connectivity index (χ4v) is 3.47. The van der Waals surface area contributed by atoms with Gasteiger partial charge in [-0.3, -0.25) is 4.79 Å². The highest BCUT2D eigenvalue weighted by molar-refractivity contribution is 5.93. The number of benzene rings is 1. The summed E-state index contributed by atoms with van der Waals surface area (Å²) < 4.78 is 16.2. The number of fused-ring (bicyclic) bond motifs is 1. The molecule has 6 nitrogen and oxygen atoms in total. The first-order valence-electron chi connectivity index (χ1n) is 8.54. The molecule has 1 saturated carbocycles. The molecule has 7 heteroatoms. The van der Waals surface area contributed by atoms with Gasteiger partial charge in [-0.15, -0.1) is 0 Å². The summed E-state index contributed by atoms with van der Waals surface area (Å²) in [6.45, 7) is 2.30. The fraction of sp³-hybridized carbons (Fsp3) is 0.444. The number of carboxylic acids is 1. The fourth-order valence-electron chi connectivity index (χ4n) is 3.47. The highest BCUT2D eigenvalue weighted by atomic mass is 19.1. The van der Waals surface area contributed by atoms with Crippen LogP contribution >= 0.6 is 0 Å². The van der Waals surface area contributed by atoms with Gasteiger partial charge in [0.25, 0.3) is 0 Å². The second-order valence-corrected chi connectivity index (χ2v) is 6.51. The number of aromatic carboxylic acids is 1. The van der Waals surface area contributed by atoms with Crippen LogP contribution in [0.15, 0.2) is 23.1 Å². The Morgan fingerprint density at radius 1 is 1.40 bits per heavy atom. The minimum absolute atomic E-state index is 0.0132. The Balaban J connectivity index is 2.10. The van der Waals surface area contributed by atoms with Gasteiger partial charge in [-0.05, 0) is 31.9 Å². The molecular weight excluding hydrogens is 325 g/mol. The van der Waals surface area contributed by atoms with Gasteiger partial charge in [0, 0.05) is 30.2 Å². The van der Waals surface area contributed by atoms with Crippen molar-refractivity contribution >= 4 is 22.6 Å². The summed E-state index contributed by atoms with van der Waals surface area (Å²) in [5.41, 5.74) is 5.88. The number of halogens is 1. The largest absolute Gasteiger partial charge is 0.477 e. The molecule has 1 heterocycles. The monoisotopic (exact) mass is 347 g/mol. The van der Waals surface area contributed by atoms with Crippen molar-refractivity contribution in [2.24, 2.45) is 5.73 Å². The molecule has 1 aromatic carbocycles. The smallest absolute Gasteiger partial charge is 0.341 e. The van der Waals surface area contributed by atoms with Gasteiger partial charge in [-0.25, -0.2) is 9.18 Å². The number of carbonyl (C=O) groups is 1. The molecule has 0 aliphatic heterocycles. The van der Waals surface area contributed by atoms with Crippen molar-refractivity contribution in [3.8, 4) is 0 Å². The van der Waals surface area contributed by atoms with E-state index in [1.165, 1.54) is 6.20 Å². The molecular formula is C18H22FN3O3. The molecule has 1 fully saturated rings. The standard InChI is InChI=1S/C18H22FN3O3/c1-2-22-9-11(18(24)25)17(23)10-7-12(19)15(8-16(10)22)21-14-6-4-3-5-13(14)20/h7-9,13-14,21H,2-6,20H2,1H3,(H,24,25)/t13-,14+/m0/s1. The van der Waals surface area contributed by atoms with E-state index in [1.807, 2.05) is 6.92 Å². The summed E-state index contributed by atoms with van der Waals surface area (Å²) >= 11 is 0. The second kappa shape index (κ2) is 6.84. The van der Waals surface area contributed by atoms with Gasteiger partial charge < -0.3 is 20.7 Å². The van der Waals surface area contributed by atoms with Crippen molar-refractivity contribution in [1.29, 1.82) is 0 Å². The van der Waals surface area contributed by atoms with Crippen molar-refractivity contribution < 1.29 is 14.3 Å². The molecule has 3 rings (SSSR count). The van der Waals surface area contributed by atoms with Crippen LogP contribution in [-0.4, -0.2) is 27.7 Å². The first-order valence-corrected chi connectivity index (χ1v) is 8.54. The van der Waals surface area contributed by atoms with Gasteiger partial charge in [0.15, 0.2) is 0 Å². The molecule has 1 aromatic heterocycles. The predicted octanol–water partition coefficient (Wildman–Crippen LogP) is 2.54. The van der Waals surface area contributed by atoms with Crippen molar-refractivity contribution in [3.63, 3.8) is 0 Å². The highest BCUT2D eigenvalue weighted by Gasteiger charge is 2.23. The van der Waals surface area contributed by atoms with E-state index in [0.717, 1.165) is 31.7 Å². The molecule has 134 valence electrons. The van der Waals surface area contributed by atoms with Crippen molar-refractivity contribution in [2.75, 3.05) is 5.32 Å². The zero-order valence-electron chi connectivity index (χ0n) is 14.1. The Kier molecular flexibility index (Phi) is 4.76. The highest BCUT2D eigenvalue weighted by Crippen LogP contribution is 2.26. The number of nitrogens with zero attached hydrogens (tertiary/aromatic N) is 1. The van der Waals surface area contributed by atoms with Crippen molar-refractivity contribution in [2.45, 2.75) is 51.2 Å². The normalized spacial score (nSPS) is 20.6. The third-order valence-corrected chi connectivity index (χ3v) is 4.90. The van der Waals surface area contributed by atoms with E-state index in [4.69, 9.17) is 5.73 Å². The first-order chi connectivity index (χ1) is 11.9. The Labute approximate surface area is 144 Å². The Hall–Kier alpha value is -2.41. The van der Waals surface area contributed by atoms with Crippen LogP contribution in [0.4, 0.5) is 10.1 Å². The molecule has 1 aliphatic rings. The lowest BCUT2D eigenvalue weighted by molar-refractivity contribution is 0.0695. The number of nitrogens with two attached hydrogens (primary N) is 1. The molecule has 0 saturated heterocycles. The maximum Gasteiger partial charge on any atom is 0.341 e.